The van der Waals surface area contributed by atoms with Crippen molar-refractivity contribution in [3.05, 3.63) is 70.8 Å². The van der Waals surface area contributed by atoms with Crippen molar-refractivity contribution in [1.82, 2.24) is 0 Å². The summed E-state index contributed by atoms with van der Waals surface area (Å²) in [5.74, 6) is -2.23. The van der Waals surface area contributed by atoms with E-state index in [4.69, 9.17) is 4.74 Å². The summed E-state index contributed by atoms with van der Waals surface area (Å²) < 4.78 is 32.0. The van der Waals surface area contributed by atoms with Crippen LogP contribution in [0.4, 0.5) is 8.78 Å². The monoisotopic (exact) mass is 288 g/mol. The Labute approximate surface area is 121 Å². The quantitative estimate of drug-likeness (QED) is 0.788. The number of aryl methyl sites for hydroxylation is 1. The Bertz CT molecular complexity index is 682. The van der Waals surface area contributed by atoms with Gasteiger partial charge >= 0.3 is 5.97 Å². The lowest BCUT2D eigenvalue weighted by Gasteiger charge is -2.24. The van der Waals surface area contributed by atoms with E-state index in [1.54, 1.807) is 0 Å². The lowest BCUT2D eigenvalue weighted by Crippen LogP contribution is -2.26. The molecule has 21 heavy (non-hydrogen) atoms. The Balaban J connectivity index is 1.73. The zero-order valence-corrected chi connectivity index (χ0v) is 11.3. The molecular formula is C17H14F2O2. The normalized spacial score (nSPS) is 17.1. The first-order valence-electron chi connectivity index (χ1n) is 6.86. The van der Waals surface area contributed by atoms with Crippen molar-refractivity contribution in [3.63, 3.8) is 0 Å². The Morgan fingerprint density at radius 3 is 2.67 bits per heavy atom. The molecular weight excluding hydrogens is 274 g/mol. The van der Waals surface area contributed by atoms with Crippen molar-refractivity contribution >= 4 is 5.97 Å². The van der Waals surface area contributed by atoms with Gasteiger partial charge in [-0.25, -0.2) is 13.6 Å². The summed E-state index contributed by atoms with van der Waals surface area (Å²) in [6.07, 6.45) is 1.83. The lowest BCUT2D eigenvalue weighted by atomic mass is 9.90. The third-order valence-electron chi connectivity index (χ3n) is 3.72. The van der Waals surface area contributed by atoms with E-state index in [1.807, 2.05) is 18.2 Å². The summed E-state index contributed by atoms with van der Waals surface area (Å²) in [6, 6.07) is 10.7. The molecule has 1 atom stereocenters. The number of hydrogen-bond acceptors (Lipinski definition) is 2. The Kier molecular flexibility index (Phi) is 3.69. The van der Waals surface area contributed by atoms with E-state index in [9.17, 15) is 13.6 Å². The number of halogens is 2. The molecule has 0 spiro atoms. The number of ether oxygens (including phenoxy) is 1. The maximum atomic E-state index is 13.5. The predicted octanol–water partition coefficient (Wildman–Crippen LogP) is 3.68. The van der Waals surface area contributed by atoms with E-state index < -0.39 is 17.6 Å². The van der Waals surface area contributed by atoms with Gasteiger partial charge in [0.1, 0.15) is 17.7 Å². The Hall–Kier alpha value is -2.23. The molecule has 0 N–H and O–H groups in total. The number of esters is 1. The highest BCUT2D eigenvalue weighted by Crippen LogP contribution is 2.24. The van der Waals surface area contributed by atoms with Gasteiger partial charge < -0.3 is 4.74 Å². The van der Waals surface area contributed by atoms with Gasteiger partial charge in [-0.05, 0) is 42.2 Å². The van der Waals surface area contributed by atoms with Gasteiger partial charge in [0.05, 0.1) is 5.56 Å². The average Bonchev–Trinajstić information content (AvgIpc) is 2.49. The molecule has 0 amide bonds. The molecule has 0 bridgehead atoms. The minimum Gasteiger partial charge on any atom is -0.458 e. The zero-order chi connectivity index (χ0) is 14.8. The van der Waals surface area contributed by atoms with E-state index in [1.165, 1.54) is 5.56 Å². The van der Waals surface area contributed by atoms with Crippen LogP contribution in [-0.4, -0.2) is 12.1 Å². The highest BCUT2D eigenvalue weighted by molar-refractivity contribution is 5.89. The SMILES string of the molecule is O=C(OC1CCc2ccccc2C1)c1cc(F)ccc1F. The fourth-order valence-electron chi connectivity index (χ4n) is 2.63. The van der Waals surface area contributed by atoms with Gasteiger partial charge in [0.15, 0.2) is 0 Å². The second-order valence-electron chi connectivity index (χ2n) is 5.16. The number of benzene rings is 2. The topological polar surface area (TPSA) is 26.3 Å². The number of carbonyl (C=O) groups is 1. The molecule has 1 aliphatic carbocycles. The van der Waals surface area contributed by atoms with Crippen LogP contribution < -0.4 is 0 Å². The summed E-state index contributed by atoms with van der Waals surface area (Å²) in [7, 11) is 0. The number of rotatable bonds is 2. The molecule has 0 fully saturated rings. The summed E-state index contributed by atoms with van der Waals surface area (Å²) in [6.45, 7) is 0. The molecule has 0 saturated heterocycles. The van der Waals surface area contributed by atoms with Gasteiger partial charge in [-0.2, -0.15) is 0 Å². The second kappa shape index (κ2) is 5.64. The number of hydrogen-bond donors (Lipinski definition) is 0. The third-order valence-corrected chi connectivity index (χ3v) is 3.72. The smallest absolute Gasteiger partial charge is 0.341 e. The molecule has 0 radical (unpaired) electrons. The molecule has 108 valence electrons. The van der Waals surface area contributed by atoms with E-state index in [0.29, 0.717) is 12.8 Å². The fraction of sp³-hybridized carbons (Fsp3) is 0.235. The molecule has 4 heteroatoms. The van der Waals surface area contributed by atoms with Gasteiger partial charge in [-0.1, -0.05) is 24.3 Å². The maximum Gasteiger partial charge on any atom is 0.341 e. The van der Waals surface area contributed by atoms with Gasteiger partial charge in [-0.15, -0.1) is 0 Å². The van der Waals surface area contributed by atoms with Crippen molar-refractivity contribution in [3.8, 4) is 0 Å². The van der Waals surface area contributed by atoms with Crippen LogP contribution in [0.25, 0.3) is 0 Å². The molecule has 1 unspecified atom stereocenters. The van der Waals surface area contributed by atoms with Gasteiger partial charge in [0.25, 0.3) is 0 Å². The van der Waals surface area contributed by atoms with Crippen LogP contribution in [0.15, 0.2) is 42.5 Å². The van der Waals surface area contributed by atoms with Crippen molar-refractivity contribution < 1.29 is 18.3 Å². The van der Waals surface area contributed by atoms with Crippen molar-refractivity contribution in [1.29, 1.82) is 0 Å². The van der Waals surface area contributed by atoms with E-state index >= 15 is 0 Å². The van der Waals surface area contributed by atoms with Crippen LogP contribution in [0.5, 0.6) is 0 Å². The third kappa shape index (κ3) is 2.94. The number of carbonyl (C=O) groups excluding carboxylic acids is 1. The maximum absolute atomic E-state index is 13.5. The van der Waals surface area contributed by atoms with E-state index in [0.717, 1.165) is 30.2 Å². The average molecular weight is 288 g/mol. The second-order valence-corrected chi connectivity index (χ2v) is 5.16. The van der Waals surface area contributed by atoms with Gasteiger partial charge in [0, 0.05) is 6.42 Å². The Morgan fingerprint density at radius 2 is 1.86 bits per heavy atom. The summed E-state index contributed by atoms with van der Waals surface area (Å²) in [5, 5.41) is 0. The number of fused-ring (bicyclic) bond motifs is 1. The van der Waals surface area contributed by atoms with Crippen LogP contribution in [0, 0.1) is 11.6 Å². The Morgan fingerprint density at radius 1 is 1.10 bits per heavy atom. The van der Waals surface area contributed by atoms with Crippen molar-refractivity contribution in [2.75, 3.05) is 0 Å². The van der Waals surface area contributed by atoms with Crippen molar-refractivity contribution in [2.24, 2.45) is 0 Å². The van der Waals surface area contributed by atoms with Crippen LogP contribution in [0.1, 0.15) is 27.9 Å². The summed E-state index contributed by atoms with van der Waals surface area (Å²) in [5.41, 5.74) is 2.04. The largest absolute Gasteiger partial charge is 0.458 e. The van der Waals surface area contributed by atoms with Crippen LogP contribution in [-0.2, 0) is 17.6 Å². The summed E-state index contributed by atoms with van der Waals surface area (Å²) in [4.78, 5) is 12.0. The first kappa shape index (κ1) is 13.7. The fourth-order valence-corrected chi connectivity index (χ4v) is 2.63. The van der Waals surface area contributed by atoms with E-state index in [-0.39, 0.29) is 11.7 Å². The van der Waals surface area contributed by atoms with Gasteiger partial charge in [-0.3, -0.25) is 0 Å². The zero-order valence-electron chi connectivity index (χ0n) is 11.3. The molecule has 2 aromatic rings. The molecule has 1 aliphatic rings. The van der Waals surface area contributed by atoms with Gasteiger partial charge in [0.2, 0.25) is 0 Å². The molecule has 0 aliphatic heterocycles. The standard InChI is InChI=1S/C17H14F2O2/c18-13-6-8-16(19)15(10-13)17(20)21-14-7-5-11-3-1-2-4-12(11)9-14/h1-4,6,8,10,14H,5,7,9H2. The van der Waals surface area contributed by atoms with Crippen LogP contribution in [0.3, 0.4) is 0 Å². The van der Waals surface area contributed by atoms with E-state index in [2.05, 4.69) is 6.07 Å². The minimum absolute atomic E-state index is 0.296. The molecule has 3 rings (SSSR count). The summed E-state index contributed by atoms with van der Waals surface area (Å²) >= 11 is 0. The minimum atomic E-state index is -0.809. The highest BCUT2D eigenvalue weighted by Gasteiger charge is 2.23. The lowest BCUT2D eigenvalue weighted by molar-refractivity contribution is 0.0265. The first-order valence-corrected chi connectivity index (χ1v) is 6.86. The molecule has 2 nitrogen and oxygen atoms in total. The molecule has 0 aromatic heterocycles. The first-order chi connectivity index (χ1) is 10.1. The van der Waals surface area contributed by atoms with Crippen LogP contribution >= 0.6 is 0 Å². The molecule has 2 aromatic carbocycles. The van der Waals surface area contributed by atoms with Crippen LogP contribution in [0.2, 0.25) is 0 Å². The molecule has 0 saturated carbocycles. The highest BCUT2D eigenvalue weighted by atomic mass is 19.1. The predicted molar refractivity (Wildman–Crippen MR) is 74.0 cm³/mol. The molecule has 0 heterocycles. The van der Waals surface area contributed by atoms with Crippen molar-refractivity contribution in [2.45, 2.75) is 25.4 Å².